The summed E-state index contributed by atoms with van der Waals surface area (Å²) in [7, 11) is 2.00. The van der Waals surface area contributed by atoms with Crippen molar-refractivity contribution in [3.05, 3.63) is 35.9 Å². The van der Waals surface area contributed by atoms with Gasteiger partial charge >= 0.3 is 5.97 Å². The van der Waals surface area contributed by atoms with Crippen LogP contribution < -0.4 is 0 Å². The van der Waals surface area contributed by atoms with Gasteiger partial charge in [0.25, 0.3) is 0 Å². The van der Waals surface area contributed by atoms with Crippen molar-refractivity contribution in [1.29, 1.82) is 0 Å². The molecule has 2 rings (SSSR count). The Morgan fingerprint density at radius 2 is 1.95 bits per heavy atom. The van der Waals surface area contributed by atoms with Gasteiger partial charge in [-0.1, -0.05) is 30.3 Å². The normalized spacial score (nSPS) is 18.1. The molecule has 0 atom stereocenters. The first-order valence-electron chi connectivity index (χ1n) is 7.16. The number of hydrogen-bond donors (Lipinski definition) is 1. The average Bonchev–Trinajstić information content (AvgIpc) is 2.47. The Morgan fingerprint density at radius 1 is 1.30 bits per heavy atom. The summed E-state index contributed by atoms with van der Waals surface area (Å²) in [5, 5.41) is 9.54. The van der Waals surface area contributed by atoms with Crippen LogP contribution in [-0.4, -0.2) is 49.3 Å². The van der Waals surface area contributed by atoms with Gasteiger partial charge in [0.1, 0.15) is 0 Å². The summed E-state index contributed by atoms with van der Waals surface area (Å²) in [6.45, 7) is 2.58. The molecular formula is C16H23NO3. The molecule has 1 heterocycles. The molecule has 110 valence electrons. The molecule has 0 saturated carbocycles. The number of ether oxygens (including phenoxy) is 1. The molecule has 1 aliphatic heterocycles. The minimum Gasteiger partial charge on any atom is -0.481 e. The van der Waals surface area contributed by atoms with Crippen LogP contribution in [0.25, 0.3) is 0 Å². The fourth-order valence-corrected chi connectivity index (χ4v) is 2.76. The van der Waals surface area contributed by atoms with Crippen LogP contribution in [0.4, 0.5) is 0 Å². The first kappa shape index (κ1) is 15.0. The molecule has 0 spiro atoms. The van der Waals surface area contributed by atoms with E-state index in [1.807, 2.05) is 25.2 Å². The van der Waals surface area contributed by atoms with Gasteiger partial charge in [-0.2, -0.15) is 0 Å². The fraction of sp³-hybridized carbons (Fsp3) is 0.562. The molecule has 1 aromatic carbocycles. The van der Waals surface area contributed by atoms with Gasteiger partial charge in [-0.15, -0.1) is 0 Å². The van der Waals surface area contributed by atoms with Crippen LogP contribution in [0.1, 0.15) is 18.4 Å². The van der Waals surface area contributed by atoms with E-state index < -0.39 is 11.4 Å². The van der Waals surface area contributed by atoms with E-state index in [9.17, 15) is 9.90 Å². The third-order valence-electron chi connectivity index (χ3n) is 4.10. The van der Waals surface area contributed by atoms with Crippen LogP contribution in [0, 0.1) is 5.41 Å². The van der Waals surface area contributed by atoms with Crippen LogP contribution in [0.2, 0.25) is 0 Å². The van der Waals surface area contributed by atoms with Crippen molar-refractivity contribution in [2.24, 2.45) is 5.41 Å². The van der Waals surface area contributed by atoms with Crippen LogP contribution in [0.5, 0.6) is 0 Å². The molecule has 1 fully saturated rings. The first-order chi connectivity index (χ1) is 9.62. The van der Waals surface area contributed by atoms with Crippen LogP contribution in [0.15, 0.2) is 30.3 Å². The van der Waals surface area contributed by atoms with E-state index in [4.69, 9.17) is 4.74 Å². The average molecular weight is 277 g/mol. The highest BCUT2D eigenvalue weighted by atomic mass is 16.5. The number of nitrogens with zero attached hydrogens (tertiary/aromatic N) is 1. The maximum atomic E-state index is 11.6. The zero-order valence-corrected chi connectivity index (χ0v) is 12.0. The predicted octanol–water partition coefficient (Wildman–Crippen LogP) is 2.04. The van der Waals surface area contributed by atoms with Gasteiger partial charge in [0.05, 0.1) is 5.41 Å². The molecule has 1 aliphatic rings. The highest BCUT2D eigenvalue weighted by molar-refractivity contribution is 5.75. The minimum absolute atomic E-state index is 0.554. The first-order valence-corrected chi connectivity index (χ1v) is 7.16. The van der Waals surface area contributed by atoms with Gasteiger partial charge in [0.15, 0.2) is 0 Å². The van der Waals surface area contributed by atoms with Gasteiger partial charge < -0.3 is 14.7 Å². The number of carboxylic acid groups (broad SMARTS) is 1. The summed E-state index contributed by atoms with van der Waals surface area (Å²) < 4.78 is 5.30. The second-order valence-electron chi connectivity index (χ2n) is 5.67. The van der Waals surface area contributed by atoms with Crippen molar-refractivity contribution in [2.75, 3.05) is 33.4 Å². The zero-order chi connectivity index (χ0) is 14.4. The molecule has 1 N–H and O–H groups in total. The summed E-state index contributed by atoms with van der Waals surface area (Å²) >= 11 is 0. The summed E-state index contributed by atoms with van der Waals surface area (Å²) in [6, 6.07) is 10.3. The zero-order valence-electron chi connectivity index (χ0n) is 12.0. The molecule has 0 unspecified atom stereocenters. The van der Waals surface area contributed by atoms with Crippen molar-refractivity contribution < 1.29 is 14.6 Å². The topological polar surface area (TPSA) is 49.8 Å². The van der Waals surface area contributed by atoms with E-state index >= 15 is 0 Å². The van der Waals surface area contributed by atoms with Crippen molar-refractivity contribution in [3.63, 3.8) is 0 Å². The lowest BCUT2D eigenvalue weighted by molar-refractivity contribution is -0.156. The van der Waals surface area contributed by atoms with E-state index in [1.165, 1.54) is 5.56 Å². The number of carbonyl (C=O) groups is 1. The van der Waals surface area contributed by atoms with Crippen molar-refractivity contribution >= 4 is 5.97 Å². The molecule has 20 heavy (non-hydrogen) atoms. The van der Waals surface area contributed by atoms with Gasteiger partial charge in [0.2, 0.25) is 0 Å². The Labute approximate surface area is 120 Å². The Bertz CT molecular complexity index is 427. The van der Waals surface area contributed by atoms with E-state index in [-0.39, 0.29) is 0 Å². The lowest BCUT2D eigenvalue weighted by atomic mass is 9.80. The maximum absolute atomic E-state index is 11.6. The highest BCUT2D eigenvalue weighted by Crippen LogP contribution is 2.31. The molecule has 0 amide bonds. The number of aliphatic carboxylic acids is 1. The lowest BCUT2D eigenvalue weighted by Gasteiger charge is -2.36. The monoisotopic (exact) mass is 277 g/mol. The standard InChI is InChI=1S/C16H23NO3/c1-17(10-7-14-5-3-2-4-6-14)13-16(15(18)19)8-11-20-12-9-16/h2-6H,7-13H2,1H3,(H,18,19). The quantitative estimate of drug-likeness (QED) is 0.864. The Balaban J connectivity index is 1.88. The van der Waals surface area contributed by atoms with Crippen LogP contribution in [0.3, 0.4) is 0 Å². The summed E-state index contributed by atoms with van der Waals surface area (Å²) in [5.41, 5.74) is 0.652. The van der Waals surface area contributed by atoms with E-state index in [2.05, 4.69) is 17.0 Å². The number of benzene rings is 1. The lowest BCUT2D eigenvalue weighted by Crippen LogP contribution is -2.46. The third-order valence-corrected chi connectivity index (χ3v) is 4.10. The molecular weight excluding hydrogens is 254 g/mol. The second-order valence-corrected chi connectivity index (χ2v) is 5.67. The number of rotatable bonds is 6. The van der Waals surface area contributed by atoms with Crippen molar-refractivity contribution in [2.45, 2.75) is 19.3 Å². The number of likely N-dealkylation sites (N-methyl/N-ethyl adjacent to an activating group) is 1. The Hall–Kier alpha value is -1.39. The van der Waals surface area contributed by atoms with Crippen LogP contribution in [-0.2, 0) is 16.0 Å². The number of hydrogen-bond acceptors (Lipinski definition) is 3. The summed E-state index contributed by atoms with van der Waals surface area (Å²) in [4.78, 5) is 13.7. The minimum atomic E-state index is -0.688. The molecule has 0 aliphatic carbocycles. The van der Waals surface area contributed by atoms with Crippen LogP contribution >= 0.6 is 0 Å². The summed E-state index contributed by atoms with van der Waals surface area (Å²) in [5.74, 6) is -0.688. The Morgan fingerprint density at radius 3 is 2.55 bits per heavy atom. The molecule has 0 aromatic heterocycles. The molecule has 4 nitrogen and oxygen atoms in total. The SMILES string of the molecule is CN(CCc1ccccc1)CC1(C(=O)O)CCOCC1. The highest BCUT2D eigenvalue weighted by Gasteiger charge is 2.40. The largest absolute Gasteiger partial charge is 0.481 e. The van der Waals surface area contributed by atoms with E-state index in [1.54, 1.807) is 0 Å². The van der Waals surface area contributed by atoms with Crippen molar-refractivity contribution in [3.8, 4) is 0 Å². The predicted molar refractivity (Wildman–Crippen MR) is 77.8 cm³/mol. The van der Waals surface area contributed by atoms with Gasteiger partial charge in [-0.05, 0) is 31.9 Å². The molecule has 4 heteroatoms. The Kier molecular flexibility index (Phi) is 5.15. The van der Waals surface area contributed by atoms with Gasteiger partial charge in [0, 0.05) is 26.3 Å². The van der Waals surface area contributed by atoms with E-state index in [0.717, 1.165) is 13.0 Å². The number of carboxylic acids is 1. The molecule has 0 radical (unpaired) electrons. The maximum Gasteiger partial charge on any atom is 0.311 e. The van der Waals surface area contributed by atoms with Crippen molar-refractivity contribution in [1.82, 2.24) is 4.90 Å². The molecule has 1 saturated heterocycles. The third kappa shape index (κ3) is 3.81. The van der Waals surface area contributed by atoms with E-state index in [0.29, 0.717) is 32.6 Å². The smallest absolute Gasteiger partial charge is 0.311 e. The fourth-order valence-electron chi connectivity index (χ4n) is 2.76. The summed E-state index contributed by atoms with van der Waals surface area (Å²) in [6.07, 6.45) is 2.17. The van der Waals surface area contributed by atoms with Gasteiger partial charge in [-0.3, -0.25) is 4.79 Å². The van der Waals surface area contributed by atoms with Gasteiger partial charge in [-0.25, -0.2) is 0 Å². The molecule has 0 bridgehead atoms. The second kappa shape index (κ2) is 6.86. The molecule has 1 aromatic rings.